The van der Waals surface area contributed by atoms with Gasteiger partial charge < -0.3 is 34.1 Å². The fourth-order valence-corrected chi connectivity index (χ4v) is 7.63. The molecule has 0 bridgehead atoms. The molecule has 8 aromatic rings. The molecule has 8 rings (SSSR count). The summed E-state index contributed by atoms with van der Waals surface area (Å²) in [7, 11) is 0. The van der Waals surface area contributed by atoms with Gasteiger partial charge in [0.2, 0.25) is 0 Å². The van der Waals surface area contributed by atoms with Crippen LogP contribution in [0.5, 0.6) is 11.5 Å². The molecule has 0 fully saturated rings. The van der Waals surface area contributed by atoms with Crippen LogP contribution >= 0.6 is 0 Å². The van der Waals surface area contributed by atoms with Gasteiger partial charge in [0.25, 0.3) is 0 Å². The summed E-state index contributed by atoms with van der Waals surface area (Å²) in [5.41, 5.74) is 10.5. The second-order valence-electron chi connectivity index (χ2n) is 14.1. The van der Waals surface area contributed by atoms with Crippen molar-refractivity contribution in [3.05, 3.63) is 175 Å². The summed E-state index contributed by atoms with van der Waals surface area (Å²) in [5, 5.41) is 23.4. The van der Waals surface area contributed by atoms with Crippen molar-refractivity contribution >= 4 is 55.9 Å². The molecule has 0 saturated heterocycles. The van der Waals surface area contributed by atoms with Crippen LogP contribution in [0.4, 0.5) is 34.1 Å². The van der Waals surface area contributed by atoms with Gasteiger partial charge in [-0.3, -0.25) is 0 Å². The molecular formula is C50H47N3O4. The number of aliphatic hydroxyl groups excluding tert-OH is 2. The van der Waals surface area contributed by atoms with E-state index >= 15 is 0 Å². The fourth-order valence-electron chi connectivity index (χ4n) is 7.63. The van der Waals surface area contributed by atoms with E-state index in [1.54, 1.807) is 13.8 Å². The van der Waals surface area contributed by atoms with Gasteiger partial charge in [0.05, 0.1) is 36.5 Å². The van der Waals surface area contributed by atoms with E-state index in [0.717, 1.165) is 84.2 Å². The fraction of sp³-hybridized carbons (Fsp3) is 0.160. The SMILES string of the molecule is CCOc1cccc(N(c2cccc(C(C)O)c2)c2ccc3c(c2)c2cc(N(c4cccc(OCC)c4)c4cccc(C(C)O)c4)ccc2n3-c2ccccc2)c1. The van der Waals surface area contributed by atoms with Crippen LogP contribution in [0, 0.1) is 0 Å². The number of para-hydroxylation sites is 1. The van der Waals surface area contributed by atoms with Gasteiger partial charge >= 0.3 is 0 Å². The van der Waals surface area contributed by atoms with Crippen molar-refractivity contribution in [3.63, 3.8) is 0 Å². The van der Waals surface area contributed by atoms with E-state index in [4.69, 9.17) is 9.47 Å². The molecule has 2 unspecified atom stereocenters. The Hall–Kier alpha value is -6.54. The second kappa shape index (κ2) is 16.3. The molecule has 0 aliphatic rings. The zero-order valence-electron chi connectivity index (χ0n) is 32.7. The Morgan fingerprint density at radius 3 is 1.28 bits per heavy atom. The molecule has 7 heteroatoms. The van der Waals surface area contributed by atoms with Crippen LogP contribution < -0.4 is 19.3 Å². The number of ether oxygens (including phenoxy) is 2. The quantitative estimate of drug-likeness (QED) is 0.122. The molecule has 0 saturated carbocycles. The maximum absolute atomic E-state index is 10.6. The Labute approximate surface area is 334 Å². The maximum Gasteiger partial charge on any atom is 0.121 e. The molecule has 286 valence electrons. The highest BCUT2D eigenvalue weighted by atomic mass is 16.5. The minimum absolute atomic E-state index is 0.560. The zero-order valence-corrected chi connectivity index (χ0v) is 32.7. The topological polar surface area (TPSA) is 70.3 Å². The summed E-state index contributed by atoms with van der Waals surface area (Å²) < 4.78 is 14.2. The van der Waals surface area contributed by atoms with E-state index < -0.39 is 12.2 Å². The number of hydrogen-bond acceptors (Lipinski definition) is 6. The van der Waals surface area contributed by atoms with Crippen molar-refractivity contribution in [1.82, 2.24) is 4.57 Å². The summed E-state index contributed by atoms with van der Waals surface area (Å²) in [6, 6.07) is 56.1. The standard InChI is InChI=1S/C50H47N3O4/c1-5-56-45-22-12-20-41(30-45)51(39-18-10-14-36(28-39)34(3)54)43-24-26-49-47(32-43)48-33-44(25-27-50(48)53(49)38-16-8-7-9-17-38)52(40-19-11-15-37(29-40)35(4)55)42-21-13-23-46(31-42)57-6-2/h7-35,54-55H,5-6H2,1-4H3. The molecule has 1 heterocycles. The number of rotatable bonds is 13. The van der Waals surface area contributed by atoms with Crippen molar-refractivity contribution in [2.45, 2.75) is 39.9 Å². The Morgan fingerprint density at radius 2 is 0.860 bits per heavy atom. The largest absolute Gasteiger partial charge is 0.494 e. The minimum atomic E-state index is -0.621. The lowest BCUT2D eigenvalue weighted by Crippen LogP contribution is -2.11. The molecule has 0 spiro atoms. The Morgan fingerprint density at radius 1 is 0.456 bits per heavy atom. The summed E-state index contributed by atoms with van der Waals surface area (Å²) in [5.74, 6) is 1.57. The van der Waals surface area contributed by atoms with Crippen LogP contribution in [0.25, 0.3) is 27.5 Å². The van der Waals surface area contributed by atoms with Crippen LogP contribution in [-0.2, 0) is 0 Å². The van der Waals surface area contributed by atoms with Crippen LogP contribution in [0.3, 0.4) is 0 Å². The van der Waals surface area contributed by atoms with Crippen molar-refractivity contribution in [2.75, 3.05) is 23.0 Å². The van der Waals surface area contributed by atoms with E-state index in [-0.39, 0.29) is 0 Å². The van der Waals surface area contributed by atoms with E-state index in [1.165, 1.54) is 0 Å². The van der Waals surface area contributed by atoms with E-state index in [9.17, 15) is 10.2 Å². The monoisotopic (exact) mass is 753 g/mol. The van der Waals surface area contributed by atoms with Gasteiger partial charge in [0, 0.05) is 62.7 Å². The first kappa shape index (κ1) is 37.4. The van der Waals surface area contributed by atoms with Gasteiger partial charge in [-0.2, -0.15) is 0 Å². The molecule has 1 aromatic heterocycles. The predicted molar refractivity (Wildman–Crippen MR) is 234 cm³/mol. The highest BCUT2D eigenvalue weighted by molar-refractivity contribution is 6.12. The molecule has 0 amide bonds. The average Bonchev–Trinajstić information content (AvgIpc) is 3.55. The molecule has 2 atom stereocenters. The summed E-state index contributed by atoms with van der Waals surface area (Å²) >= 11 is 0. The predicted octanol–water partition coefficient (Wildman–Crippen LogP) is 12.6. The normalized spacial score (nSPS) is 12.4. The third kappa shape index (κ3) is 7.55. The maximum atomic E-state index is 10.6. The van der Waals surface area contributed by atoms with Crippen LogP contribution in [0.15, 0.2) is 164 Å². The van der Waals surface area contributed by atoms with Gasteiger partial charge in [0.1, 0.15) is 11.5 Å². The molecule has 0 aliphatic carbocycles. The van der Waals surface area contributed by atoms with E-state index in [0.29, 0.717) is 13.2 Å². The number of nitrogens with zero attached hydrogens (tertiary/aromatic N) is 3. The van der Waals surface area contributed by atoms with Crippen molar-refractivity contribution in [1.29, 1.82) is 0 Å². The van der Waals surface area contributed by atoms with Crippen LogP contribution in [0.1, 0.15) is 51.0 Å². The summed E-state index contributed by atoms with van der Waals surface area (Å²) in [6.07, 6.45) is -1.24. The highest BCUT2D eigenvalue weighted by Crippen LogP contribution is 2.44. The number of hydrogen-bond donors (Lipinski definition) is 2. The molecular weight excluding hydrogens is 707 g/mol. The van der Waals surface area contributed by atoms with Crippen LogP contribution in [0.2, 0.25) is 0 Å². The number of benzene rings is 7. The number of aliphatic hydroxyl groups is 2. The number of anilines is 6. The summed E-state index contributed by atoms with van der Waals surface area (Å²) in [4.78, 5) is 4.44. The van der Waals surface area contributed by atoms with Gasteiger partial charge in [-0.25, -0.2) is 0 Å². The Balaban J connectivity index is 1.38. The Bertz CT molecular complexity index is 2490. The Kier molecular flexibility index (Phi) is 10.7. The number of fused-ring (bicyclic) bond motifs is 3. The lowest BCUT2D eigenvalue weighted by atomic mass is 10.1. The molecule has 0 radical (unpaired) electrons. The second-order valence-corrected chi connectivity index (χ2v) is 14.1. The molecule has 2 N–H and O–H groups in total. The van der Waals surface area contributed by atoms with Crippen molar-refractivity contribution < 1.29 is 19.7 Å². The van der Waals surface area contributed by atoms with Gasteiger partial charge in [-0.15, -0.1) is 0 Å². The molecule has 7 aromatic carbocycles. The first-order valence-corrected chi connectivity index (χ1v) is 19.6. The molecule has 0 aliphatic heterocycles. The van der Waals surface area contributed by atoms with Gasteiger partial charge in [-0.1, -0.05) is 54.6 Å². The smallest absolute Gasteiger partial charge is 0.121 e. The molecule has 57 heavy (non-hydrogen) atoms. The van der Waals surface area contributed by atoms with Crippen LogP contribution in [-0.4, -0.2) is 28.0 Å². The number of aromatic nitrogens is 1. The van der Waals surface area contributed by atoms with Crippen molar-refractivity contribution in [2.24, 2.45) is 0 Å². The lowest BCUT2D eigenvalue weighted by molar-refractivity contribution is 0.199. The lowest BCUT2D eigenvalue weighted by Gasteiger charge is -2.27. The summed E-state index contributed by atoms with van der Waals surface area (Å²) in [6.45, 7) is 8.68. The highest BCUT2D eigenvalue weighted by Gasteiger charge is 2.21. The van der Waals surface area contributed by atoms with E-state index in [2.05, 4.69) is 111 Å². The molecule has 7 nitrogen and oxygen atoms in total. The van der Waals surface area contributed by atoms with Gasteiger partial charge in [0.15, 0.2) is 0 Å². The first-order valence-electron chi connectivity index (χ1n) is 19.6. The third-order valence-electron chi connectivity index (χ3n) is 10.3. The zero-order chi connectivity index (χ0) is 39.5. The first-order chi connectivity index (χ1) is 27.8. The van der Waals surface area contributed by atoms with Crippen molar-refractivity contribution in [3.8, 4) is 17.2 Å². The van der Waals surface area contributed by atoms with E-state index in [1.807, 2.05) is 80.6 Å². The average molecular weight is 754 g/mol. The third-order valence-corrected chi connectivity index (χ3v) is 10.3. The van der Waals surface area contributed by atoms with Gasteiger partial charge in [-0.05, 0) is 136 Å². The minimum Gasteiger partial charge on any atom is -0.494 e.